The predicted molar refractivity (Wildman–Crippen MR) is 84.0 cm³/mol. The zero-order valence-corrected chi connectivity index (χ0v) is 13.7. The van der Waals surface area contributed by atoms with Crippen molar-refractivity contribution in [3.63, 3.8) is 0 Å². The van der Waals surface area contributed by atoms with E-state index in [0.29, 0.717) is 12.4 Å². The first-order valence-corrected chi connectivity index (χ1v) is 7.15. The van der Waals surface area contributed by atoms with E-state index in [1.165, 1.54) is 9.58 Å². The van der Waals surface area contributed by atoms with E-state index in [-0.39, 0.29) is 17.5 Å². The Bertz CT molecular complexity index is 642. The van der Waals surface area contributed by atoms with Crippen LogP contribution in [0.1, 0.15) is 32.2 Å². The van der Waals surface area contributed by atoms with Gasteiger partial charge in [-0.3, -0.25) is 0 Å². The number of amides is 1. The van der Waals surface area contributed by atoms with Gasteiger partial charge in [-0.25, -0.2) is 4.79 Å². The first-order chi connectivity index (χ1) is 10.3. The van der Waals surface area contributed by atoms with Crippen LogP contribution in [0.15, 0.2) is 30.3 Å². The molecule has 2 rings (SSSR count). The van der Waals surface area contributed by atoms with E-state index >= 15 is 0 Å². The lowest BCUT2D eigenvalue weighted by Gasteiger charge is -2.12. The summed E-state index contributed by atoms with van der Waals surface area (Å²) in [6.07, 6.45) is 0. The smallest absolute Gasteiger partial charge is 0.348 e. The molecule has 6 heteroatoms. The molecule has 1 heterocycles. The van der Waals surface area contributed by atoms with Crippen molar-refractivity contribution in [3.8, 4) is 6.01 Å². The summed E-state index contributed by atoms with van der Waals surface area (Å²) < 4.78 is 6.92. The molecule has 0 N–H and O–H groups in total. The minimum absolute atomic E-state index is 0.215. The molecule has 22 heavy (non-hydrogen) atoms. The van der Waals surface area contributed by atoms with Crippen LogP contribution in [0.2, 0.25) is 0 Å². The third kappa shape index (κ3) is 3.63. The molecule has 0 aliphatic rings. The molecule has 0 radical (unpaired) electrons. The molecule has 1 aromatic heterocycles. The molecular weight excluding hydrogens is 280 g/mol. The maximum atomic E-state index is 12.2. The summed E-state index contributed by atoms with van der Waals surface area (Å²) in [6, 6.07) is 9.67. The molecule has 0 bridgehead atoms. The summed E-state index contributed by atoms with van der Waals surface area (Å²) in [6.45, 7) is 6.32. The first kappa shape index (κ1) is 16.0. The molecule has 0 fully saturated rings. The van der Waals surface area contributed by atoms with Crippen LogP contribution in [0.4, 0.5) is 4.79 Å². The SMILES string of the molecule is CN(C)C(=O)n1nc(C(C)(C)C)nc1OCc1ccccc1. The van der Waals surface area contributed by atoms with Crippen LogP contribution < -0.4 is 4.74 Å². The topological polar surface area (TPSA) is 60.2 Å². The molecule has 118 valence electrons. The van der Waals surface area contributed by atoms with Crippen LogP contribution >= 0.6 is 0 Å². The molecule has 1 aromatic carbocycles. The summed E-state index contributed by atoms with van der Waals surface area (Å²) in [5.41, 5.74) is 0.745. The molecule has 0 saturated heterocycles. The molecule has 2 aromatic rings. The Hall–Kier alpha value is -2.37. The quantitative estimate of drug-likeness (QED) is 0.874. The number of carbonyl (C=O) groups is 1. The highest BCUT2D eigenvalue weighted by Crippen LogP contribution is 2.22. The van der Waals surface area contributed by atoms with Gasteiger partial charge >= 0.3 is 12.0 Å². The van der Waals surface area contributed by atoms with Gasteiger partial charge in [-0.1, -0.05) is 51.1 Å². The van der Waals surface area contributed by atoms with Crippen LogP contribution in [0.3, 0.4) is 0 Å². The van der Waals surface area contributed by atoms with Crippen molar-refractivity contribution in [2.45, 2.75) is 32.8 Å². The summed E-state index contributed by atoms with van der Waals surface area (Å²) in [7, 11) is 3.34. The normalized spacial score (nSPS) is 11.3. The van der Waals surface area contributed by atoms with Gasteiger partial charge in [-0.15, -0.1) is 9.78 Å². The summed E-state index contributed by atoms with van der Waals surface area (Å²) in [5, 5.41) is 4.30. The van der Waals surface area contributed by atoms with Gasteiger partial charge in [0.25, 0.3) is 0 Å². The number of hydrogen-bond acceptors (Lipinski definition) is 4. The number of hydrogen-bond donors (Lipinski definition) is 0. The Kier molecular flexibility index (Phi) is 4.49. The fraction of sp³-hybridized carbons (Fsp3) is 0.438. The standard InChI is InChI=1S/C16H22N4O2/c1-16(2,3)13-17-14(20(18-13)15(21)19(4)5)22-11-12-9-7-6-8-10-12/h6-10H,11H2,1-5H3. The Morgan fingerprint density at radius 1 is 1.23 bits per heavy atom. The second-order valence-electron chi connectivity index (χ2n) is 6.33. The molecule has 1 amide bonds. The van der Waals surface area contributed by atoms with Gasteiger partial charge in [-0.2, -0.15) is 4.98 Å². The lowest BCUT2D eigenvalue weighted by molar-refractivity contribution is 0.204. The zero-order chi connectivity index (χ0) is 16.3. The predicted octanol–water partition coefficient (Wildman–Crippen LogP) is 2.68. The number of ether oxygens (including phenoxy) is 1. The molecule has 6 nitrogen and oxygen atoms in total. The monoisotopic (exact) mass is 302 g/mol. The molecule has 0 unspecified atom stereocenters. The second kappa shape index (κ2) is 6.17. The van der Waals surface area contributed by atoms with E-state index in [1.54, 1.807) is 14.1 Å². The number of carbonyl (C=O) groups excluding carboxylic acids is 1. The van der Waals surface area contributed by atoms with Crippen LogP contribution in [0.25, 0.3) is 0 Å². The third-order valence-electron chi connectivity index (χ3n) is 3.02. The van der Waals surface area contributed by atoms with Crippen molar-refractivity contribution in [1.82, 2.24) is 19.7 Å². The van der Waals surface area contributed by atoms with Crippen molar-refractivity contribution in [3.05, 3.63) is 41.7 Å². The number of nitrogens with zero attached hydrogens (tertiary/aromatic N) is 4. The van der Waals surface area contributed by atoms with Gasteiger partial charge in [0.2, 0.25) is 0 Å². The lowest BCUT2D eigenvalue weighted by atomic mass is 9.96. The zero-order valence-electron chi connectivity index (χ0n) is 13.7. The highest BCUT2D eigenvalue weighted by atomic mass is 16.5. The summed E-state index contributed by atoms with van der Waals surface area (Å²) in [5.74, 6) is 0.575. The third-order valence-corrected chi connectivity index (χ3v) is 3.02. The van der Waals surface area contributed by atoms with E-state index in [9.17, 15) is 4.79 Å². The van der Waals surface area contributed by atoms with Gasteiger partial charge in [0, 0.05) is 19.5 Å². The maximum Gasteiger partial charge on any atom is 0.348 e. The summed E-state index contributed by atoms with van der Waals surface area (Å²) in [4.78, 5) is 18.0. The largest absolute Gasteiger partial charge is 0.458 e. The molecule has 0 spiro atoms. The van der Waals surface area contributed by atoms with Gasteiger partial charge in [0.15, 0.2) is 5.82 Å². The van der Waals surface area contributed by atoms with Crippen LogP contribution in [-0.2, 0) is 12.0 Å². The minimum Gasteiger partial charge on any atom is -0.458 e. The average Bonchev–Trinajstić information content (AvgIpc) is 2.89. The fourth-order valence-corrected chi connectivity index (χ4v) is 1.75. The van der Waals surface area contributed by atoms with E-state index < -0.39 is 0 Å². The highest BCUT2D eigenvalue weighted by molar-refractivity contribution is 5.76. The Balaban J connectivity index is 2.28. The van der Waals surface area contributed by atoms with Gasteiger partial charge in [-0.05, 0) is 5.56 Å². The Labute approximate surface area is 130 Å². The second-order valence-corrected chi connectivity index (χ2v) is 6.33. The maximum absolute atomic E-state index is 12.2. The lowest BCUT2D eigenvalue weighted by Crippen LogP contribution is -2.29. The molecule has 0 saturated carbocycles. The van der Waals surface area contributed by atoms with Crippen LogP contribution in [0, 0.1) is 0 Å². The first-order valence-electron chi connectivity index (χ1n) is 7.15. The number of benzene rings is 1. The van der Waals surface area contributed by atoms with Crippen LogP contribution in [0.5, 0.6) is 6.01 Å². The number of rotatable bonds is 3. The molecule has 0 atom stereocenters. The minimum atomic E-state index is -0.286. The highest BCUT2D eigenvalue weighted by Gasteiger charge is 2.26. The van der Waals surface area contributed by atoms with E-state index in [1.807, 2.05) is 51.1 Å². The molecule has 0 aliphatic carbocycles. The van der Waals surface area contributed by atoms with E-state index in [0.717, 1.165) is 5.56 Å². The van der Waals surface area contributed by atoms with Crippen molar-refractivity contribution in [2.24, 2.45) is 0 Å². The van der Waals surface area contributed by atoms with Gasteiger partial charge < -0.3 is 9.64 Å². The van der Waals surface area contributed by atoms with E-state index in [2.05, 4.69) is 10.1 Å². The van der Waals surface area contributed by atoms with Crippen molar-refractivity contribution in [1.29, 1.82) is 0 Å². The van der Waals surface area contributed by atoms with Crippen LogP contribution in [-0.4, -0.2) is 39.8 Å². The summed E-state index contributed by atoms with van der Waals surface area (Å²) >= 11 is 0. The molecule has 0 aliphatic heterocycles. The Morgan fingerprint density at radius 2 is 1.86 bits per heavy atom. The molecular formula is C16H22N4O2. The van der Waals surface area contributed by atoms with E-state index in [4.69, 9.17) is 4.74 Å². The van der Waals surface area contributed by atoms with Crippen molar-refractivity contribution < 1.29 is 9.53 Å². The number of aromatic nitrogens is 3. The van der Waals surface area contributed by atoms with Crippen molar-refractivity contribution >= 4 is 6.03 Å². The Morgan fingerprint density at radius 3 is 2.41 bits per heavy atom. The average molecular weight is 302 g/mol. The van der Waals surface area contributed by atoms with Gasteiger partial charge in [0.1, 0.15) is 6.61 Å². The van der Waals surface area contributed by atoms with Gasteiger partial charge in [0.05, 0.1) is 0 Å². The van der Waals surface area contributed by atoms with Crippen molar-refractivity contribution in [2.75, 3.05) is 14.1 Å². The fourth-order valence-electron chi connectivity index (χ4n) is 1.75.